The third-order valence-corrected chi connectivity index (χ3v) is 5.10. The second-order valence-electron chi connectivity index (χ2n) is 7.11. The molecule has 1 aromatic rings. The SMILES string of the molecule is CC(=O)NCC1CN(c2ccc(N3CC/C(=C(\C)C#N)[C@H](F)C3)c(F)c2)C(=O)O1. The molecule has 2 amide bonds. The normalized spacial score (nSPS) is 23.5. The maximum Gasteiger partial charge on any atom is 0.414 e. The van der Waals surface area contributed by atoms with Gasteiger partial charge in [0.15, 0.2) is 0 Å². The van der Waals surface area contributed by atoms with E-state index in [1.54, 1.807) is 17.9 Å². The Labute approximate surface area is 167 Å². The van der Waals surface area contributed by atoms with E-state index in [1.807, 2.05) is 6.07 Å². The fourth-order valence-electron chi connectivity index (χ4n) is 3.54. The molecule has 0 spiro atoms. The lowest BCUT2D eigenvalue weighted by Gasteiger charge is -2.33. The lowest BCUT2D eigenvalue weighted by atomic mass is 9.97. The van der Waals surface area contributed by atoms with Crippen LogP contribution in [0.25, 0.3) is 0 Å². The summed E-state index contributed by atoms with van der Waals surface area (Å²) >= 11 is 0. The molecule has 0 aliphatic carbocycles. The number of ether oxygens (including phenoxy) is 1. The molecule has 2 aliphatic rings. The Morgan fingerprint density at radius 2 is 2.14 bits per heavy atom. The first kappa shape index (κ1) is 20.6. The van der Waals surface area contributed by atoms with E-state index in [0.29, 0.717) is 29.8 Å². The van der Waals surface area contributed by atoms with E-state index in [2.05, 4.69) is 5.32 Å². The molecule has 2 atom stereocenters. The van der Waals surface area contributed by atoms with E-state index in [9.17, 15) is 18.4 Å². The molecule has 0 radical (unpaired) electrons. The average molecular weight is 404 g/mol. The molecule has 1 unspecified atom stereocenters. The molecule has 0 aromatic heterocycles. The molecule has 0 bridgehead atoms. The molecular formula is C20H22F2N4O3. The highest BCUT2D eigenvalue weighted by molar-refractivity contribution is 5.90. The van der Waals surface area contributed by atoms with E-state index in [-0.39, 0.29) is 31.2 Å². The third-order valence-electron chi connectivity index (χ3n) is 5.10. The van der Waals surface area contributed by atoms with E-state index in [1.165, 1.54) is 24.0 Å². The van der Waals surface area contributed by atoms with Crippen LogP contribution in [0.15, 0.2) is 29.3 Å². The number of carbonyl (C=O) groups is 2. The minimum atomic E-state index is -1.33. The van der Waals surface area contributed by atoms with Gasteiger partial charge < -0.3 is 15.0 Å². The molecule has 2 aliphatic heterocycles. The average Bonchev–Trinajstić information content (AvgIpc) is 3.06. The summed E-state index contributed by atoms with van der Waals surface area (Å²) in [4.78, 5) is 26.0. The molecule has 1 N–H and O–H groups in total. The molecule has 9 heteroatoms. The summed E-state index contributed by atoms with van der Waals surface area (Å²) in [6.07, 6.45) is -2.11. The molecule has 2 saturated heterocycles. The molecule has 2 fully saturated rings. The molecule has 1 aromatic carbocycles. The smallest absolute Gasteiger partial charge is 0.414 e. The number of cyclic esters (lactones) is 1. The standard InChI is InChI=1S/C20H22F2N4O3/c1-12(8-23)16-5-6-25(11-18(16)22)19-4-3-14(7-17(19)21)26-10-15(29-20(26)28)9-24-13(2)27/h3-4,7,15,18H,5-6,9-11H2,1-2H3,(H,24,27)/b16-12-/t15?,18-/m1/s1. The number of anilines is 2. The van der Waals surface area contributed by atoms with Gasteiger partial charge in [-0.05, 0) is 37.1 Å². The summed E-state index contributed by atoms with van der Waals surface area (Å²) in [6.45, 7) is 3.69. The Balaban J connectivity index is 1.71. The predicted molar refractivity (Wildman–Crippen MR) is 103 cm³/mol. The van der Waals surface area contributed by atoms with Crippen LogP contribution in [0.2, 0.25) is 0 Å². The number of benzene rings is 1. The van der Waals surface area contributed by atoms with Crippen molar-refractivity contribution < 1.29 is 23.1 Å². The molecular weight excluding hydrogens is 382 g/mol. The fraction of sp³-hybridized carbons (Fsp3) is 0.450. The van der Waals surface area contributed by atoms with Crippen LogP contribution in [0.4, 0.5) is 25.0 Å². The summed E-state index contributed by atoms with van der Waals surface area (Å²) < 4.78 is 34.4. The van der Waals surface area contributed by atoms with Gasteiger partial charge >= 0.3 is 6.09 Å². The van der Waals surface area contributed by atoms with Crippen molar-refractivity contribution in [3.05, 3.63) is 35.2 Å². The number of nitrogens with one attached hydrogen (secondary N) is 1. The number of allylic oxidation sites excluding steroid dienone is 1. The maximum absolute atomic E-state index is 14.8. The van der Waals surface area contributed by atoms with E-state index < -0.39 is 24.2 Å². The second kappa shape index (κ2) is 8.47. The first-order valence-corrected chi connectivity index (χ1v) is 9.31. The van der Waals surface area contributed by atoms with Gasteiger partial charge in [0.05, 0.1) is 37.1 Å². The minimum absolute atomic E-state index is 0.0326. The van der Waals surface area contributed by atoms with Crippen LogP contribution in [0.1, 0.15) is 20.3 Å². The number of nitrogens with zero attached hydrogens (tertiary/aromatic N) is 3. The minimum Gasteiger partial charge on any atom is -0.442 e. The zero-order valence-corrected chi connectivity index (χ0v) is 16.2. The van der Waals surface area contributed by atoms with Crippen molar-refractivity contribution in [1.82, 2.24) is 5.32 Å². The number of hydrogen-bond acceptors (Lipinski definition) is 5. The van der Waals surface area contributed by atoms with Gasteiger partial charge in [-0.25, -0.2) is 13.6 Å². The Bertz CT molecular complexity index is 896. The maximum atomic E-state index is 14.8. The van der Waals surface area contributed by atoms with Crippen molar-refractivity contribution in [1.29, 1.82) is 5.26 Å². The lowest BCUT2D eigenvalue weighted by Crippen LogP contribution is -2.39. The largest absolute Gasteiger partial charge is 0.442 e. The van der Waals surface area contributed by atoms with Gasteiger partial charge in [-0.2, -0.15) is 5.26 Å². The van der Waals surface area contributed by atoms with E-state index in [4.69, 9.17) is 10.00 Å². The summed E-state index contributed by atoms with van der Waals surface area (Å²) in [7, 11) is 0. The van der Waals surface area contributed by atoms with Crippen LogP contribution in [-0.4, -0.2) is 50.5 Å². The summed E-state index contributed by atoms with van der Waals surface area (Å²) in [5, 5.41) is 11.5. The van der Waals surface area contributed by atoms with Gasteiger partial charge in [-0.15, -0.1) is 0 Å². The predicted octanol–water partition coefficient (Wildman–Crippen LogP) is 2.68. The fourth-order valence-corrected chi connectivity index (χ4v) is 3.54. The van der Waals surface area contributed by atoms with Crippen molar-refractivity contribution in [3.63, 3.8) is 0 Å². The number of amides is 2. The number of rotatable bonds is 4. The van der Waals surface area contributed by atoms with Crippen LogP contribution in [0, 0.1) is 17.1 Å². The van der Waals surface area contributed by atoms with Gasteiger partial charge in [-0.1, -0.05) is 0 Å². The zero-order valence-electron chi connectivity index (χ0n) is 16.2. The zero-order chi connectivity index (χ0) is 21.1. The summed E-state index contributed by atoms with van der Waals surface area (Å²) in [6, 6.07) is 6.28. The highest BCUT2D eigenvalue weighted by atomic mass is 19.1. The van der Waals surface area contributed by atoms with Crippen LogP contribution in [0.5, 0.6) is 0 Å². The monoisotopic (exact) mass is 404 g/mol. The molecule has 7 nitrogen and oxygen atoms in total. The molecule has 3 rings (SSSR count). The molecule has 0 saturated carbocycles. The van der Waals surface area contributed by atoms with Crippen LogP contribution < -0.4 is 15.1 Å². The first-order chi connectivity index (χ1) is 13.8. The number of carbonyl (C=O) groups excluding carboxylic acids is 2. The van der Waals surface area contributed by atoms with Crippen LogP contribution in [-0.2, 0) is 9.53 Å². The first-order valence-electron chi connectivity index (χ1n) is 9.31. The topological polar surface area (TPSA) is 85.7 Å². The van der Waals surface area contributed by atoms with E-state index in [0.717, 1.165) is 0 Å². The van der Waals surface area contributed by atoms with Crippen molar-refractivity contribution in [2.75, 3.05) is 36.0 Å². The summed E-state index contributed by atoms with van der Waals surface area (Å²) in [5.41, 5.74) is 1.41. The number of alkyl halides is 1. The molecule has 2 heterocycles. The summed E-state index contributed by atoms with van der Waals surface area (Å²) in [5.74, 6) is -0.803. The highest BCUT2D eigenvalue weighted by Crippen LogP contribution is 2.31. The number of nitriles is 1. The number of hydrogen-bond donors (Lipinski definition) is 1. The van der Waals surface area contributed by atoms with Crippen molar-refractivity contribution in [2.45, 2.75) is 32.5 Å². The Hall–Kier alpha value is -3.15. The third kappa shape index (κ3) is 4.47. The van der Waals surface area contributed by atoms with Gasteiger partial charge in [-0.3, -0.25) is 9.69 Å². The van der Waals surface area contributed by atoms with Crippen molar-refractivity contribution in [3.8, 4) is 6.07 Å². The second-order valence-corrected chi connectivity index (χ2v) is 7.11. The van der Waals surface area contributed by atoms with Gasteiger partial charge in [0.25, 0.3) is 0 Å². The Kier molecular flexibility index (Phi) is 6.01. The highest BCUT2D eigenvalue weighted by Gasteiger charge is 2.33. The van der Waals surface area contributed by atoms with Gasteiger partial charge in [0.2, 0.25) is 5.91 Å². The van der Waals surface area contributed by atoms with Crippen LogP contribution >= 0.6 is 0 Å². The number of halogens is 2. The van der Waals surface area contributed by atoms with Gasteiger partial charge in [0, 0.05) is 19.0 Å². The van der Waals surface area contributed by atoms with Crippen molar-refractivity contribution in [2.24, 2.45) is 0 Å². The molecule has 29 heavy (non-hydrogen) atoms. The Morgan fingerprint density at radius 3 is 2.76 bits per heavy atom. The molecule has 154 valence electrons. The van der Waals surface area contributed by atoms with Gasteiger partial charge in [0.1, 0.15) is 18.1 Å². The van der Waals surface area contributed by atoms with Crippen LogP contribution in [0.3, 0.4) is 0 Å². The lowest BCUT2D eigenvalue weighted by molar-refractivity contribution is -0.119. The van der Waals surface area contributed by atoms with Crippen molar-refractivity contribution >= 4 is 23.4 Å². The number of piperidine rings is 1. The quantitative estimate of drug-likeness (QED) is 0.780. The Morgan fingerprint density at radius 1 is 1.38 bits per heavy atom. The van der Waals surface area contributed by atoms with E-state index >= 15 is 0 Å².